The summed E-state index contributed by atoms with van der Waals surface area (Å²) in [5, 5.41) is 2.84. The van der Waals surface area contributed by atoms with Gasteiger partial charge in [-0.3, -0.25) is 0 Å². The normalized spacial score (nSPS) is 12.2. The molecule has 1 N–H and O–H groups in total. The van der Waals surface area contributed by atoms with Crippen molar-refractivity contribution in [3.63, 3.8) is 0 Å². The van der Waals surface area contributed by atoms with Gasteiger partial charge in [0.15, 0.2) is 0 Å². The first-order valence-electron chi connectivity index (χ1n) is 6.68. The summed E-state index contributed by atoms with van der Waals surface area (Å²) in [5.41, 5.74) is 0.976. The molecule has 0 radical (unpaired) electrons. The summed E-state index contributed by atoms with van der Waals surface area (Å²) < 4.78 is 10.5. The van der Waals surface area contributed by atoms with Crippen molar-refractivity contribution in [2.45, 2.75) is 33.4 Å². The van der Waals surface area contributed by atoms with Gasteiger partial charge in [0.2, 0.25) is 0 Å². The van der Waals surface area contributed by atoms with Crippen molar-refractivity contribution in [3.05, 3.63) is 35.9 Å². The molecule has 106 valence electrons. The summed E-state index contributed by atoms with van der Waals surface area (Å²) in [5.74, 6) is 0.302. The van der Waals surface area contributed by atoms with E-state index < -0.39 is 6.09 Å². The Hall–Kier alpha value is -1.55. The van der Waals surface area contributed by atoms with Crippen molar-refractivity contribution in [2.75, 3.05) is 13.2 Å². The zero-order valence-electron chi connectivity index (χ0n) is 11.9. The van der Waals surface area contributed by atoms with E-state index in [2.05, 4.69) is 5.32 Å². The molecule has 1 unspecified atom stereocenters. The van der Waals surface area contributed by atoms with E-state index in [1.165, 1.54) is 0 Å². The van der Waals surface area contributed by atoms with Gasteiger partial charge >= 0.3 is 6.09 Å². The van der Waals surface area contributed by atoms with Gasteiger partial charge in [-0.2, -0.15) is 0 Å². The zero-order valence-corrected chi connectivity index (χ0v) is 11.9. The molecule has 1 aromatic carbocycles. The molecule has 0 aliphatic heterocycles. The van der Waals surface area contributed by atoms with E-state index >= 15 is 0 Å². The van der Waals surface area contributed by atoms with Crippen molar-refractivity contribution in [3.8, 4) is 0 Å². The first-order chi connectivity index (χ1) is 9.13. The number of ether oxygens (including phenoxy) is 2. The Bertz CT molecular complexity index is 365. The Morgan fingerprint density at radius 3 is 2.53 bits per heavy atom. The Kier molecular flexibility index (Phi) is 6.97. The first-order valence-corrected chi connectivity index (χ1v) is 6.68. The summed E-state index contributed by atoms with van der Waals surface area (Å²) in [7, 11) is 0. The third kappa shape index (κ3) is 6.25. The molecule has 0 aromatic heterocycles. The van der Waals surface area contributed by atoms with Crippen LogP contribution in [-0.2, 0) is 16.1 Å². The van der Waals surface area contributed by atoms with E-state index in [0.29, 0.717) is 19.1 Å². The van der Waals surface area contributed by atoms with Crippen LogP contribution >= 0.6 is 0 Å². The van der Waals surface area contributed by atoms with Crippen molar-refractivity contribution in [2.24, 2.45) is 5.92 Å². The molecule has 1 aromatic rings. The first kappa shape index (κ1) is 15.5. The number of alkyl carbamates (subject to hydrolysis) is 1. The van der Waals surface area contributed by atoms with Gasteiger partial charge in [-0.05, 0) is 18.4 Å². The monoisotopic (exact) mass is 265 g/mol. The van der Waals surface area contributed by atoms with Gasteiger partial charge in [0.1, 0.15) is 6.61 Å². The highest BCUT2D eigenvalue weighted by atomic mass is 16.5. The molecule has 0 aliphatic rings. The van der Waals surface area contributed by atoms with Gasteiger partial charge in [-0.15, -0.1) is 0 Å². The van der Waals surface area contributed by atoms with Gasteiger partial charge in [-0.25, -0.2) is 4.79 Å². The van der Waals surface area contributed by atoms with Crippen molar-refractivity contribution < 1.29 is 14.3 Å². The second-order valence-corrected chi connectivity index (χ2v) is 4.72. The minimum absolute atomic E-state index is 0.0248. The average Bonchev–Trinajstić information content (AvgIpc) is 2.42. The van der Waals surface area contributed by atoms with Crippen LogP contribution in [0.3, 0.4) is 0 Å². The van der Waals surface area contributed by atoms with Gasteiger partial charge in [0.25, 0.3) is 0 Å². The number of amides is 1. The van der Waals surface area contributed by atoms with E-state index in [0.717, 1.165) is 5.56 Å². The van der Waals surface area contributed by atoms with Crippen LogP contribution in [0.2, 0.25) is 0 Å². The molecule has 0 aliphatic carbocycles. The van der Waals surface area contributed by atoms with E-state index in [1.54, 1.807) is 0 Å². The lowest BCUT2D eigenvalue weighted by Gasteiger charge is -2.21. The molecule has 0 saturated heterocycles. The number of hydrogen-bond acceptors (Lipinski definition) is 3. The highest BCUT2D eigenvalue weighted by Crippen LogP contribution is 2.04. The molecular weight excluding hydrogens is 242 g/mol. The Labute approximate surface area is 115 Å². The quantitative estimate of drug-likeness (QED) is 0.824. The third-order valence-corrected chi connectivity index (χ3v) is 2.82. The molecule has 4 heteroatoms. The van der Waals surface area contributed by atoms with Gasteiger partial charge in [0.05, 0.1) is 12.6 Å². The maximum atomic E-state index is 11.7. The van der Waals surface area contributed by atoms with Crippen molar-refractivity contribution in [1.82, 2.24) is 5.32 Å². The molecule has 0 saturated carbocycles. The van der Waals surface area contributed by atoms with E-state index in [1.807, 2.05) is 51.1 Å². The summed E-state index contributed by atoms with van der Waals surface area (Å²) in [6.45, 7) is 7.46. The fraction of sp³-hybridized carbons (Fsp3) is 0.533. The molecule has 0 spiro atoms. The summed E-state index contributed by atoms with van der Waals surface area (Å²) in [6, 6.07) is 9.59. The molecular formula is C15H23NO3. The SMILES string of the molecule is CCOCC(NC(=O)OCc1ccccc1)C(C)C. The molecule has 4 nitrogen and oxygen atoms in total. The van der Waals surface area contributed by atoms with E-state index in [4.69, 9.17) is 9.47 Å². The summed E-state index contributed by atoms with van der Waals surface area (Å²) in [6.07, 6.45) is -0.401. The Morgan fingerprint density at radius 1 is 1.26 bits per heavy atom. The van der Waals surface area contributed by atoms with Crippen LogP contribution in [0.4, 0.5) is 4.79 Å². The maximum absolute atomic E-state index is 11.7. The Morgan fingerprint density at radius 2 is 1.95 bits per heavy atom. The minimum atomic E-state index is -0.401. The van der Waals surface area contributed by atoms with Crippen molar-refractivity contribution >= 4 is 6.09 Å². The molecule has 1 atom stereocenters. The van der Waals surface area contributed by atoms with E-state index in [9.17, 15) is 4.79 Å². The van der Waals surface area contributed by atoms with Gasteiger partial charge in [-0.1, -0.05) is 44.2 Å². The van der Waals surface area contributed by atoms with Gasteiger partial charge < -0.3 is 14.8 Å². The molecule has 19 heavy (non-hydrogen) atoms. The number of benzene rings is 1. The topological polar surface area (TPSA) is 47.6 Å². The van der Waals surface area contributed by atoms with Crippen LogP contribution in [-0.4, -0.2) is 25.3 Å². The minimum Gasteiger partial charge on any atom is -0.445 e. The van der Waals surface area contributed by atoms with Crippen LogP contribution < -0.4 is 5.32 Å². The van der Waals surface area contributed by atoms with Crippen LogP contribution in [0, 0.1) is 5.92 Å². The maximum Gasteiger partial charge on any atom is 0.407 e. The van der Waals surface area contributed by atoms with Crippen LogP contribution in [0.15, 0.2) is 30.3 Å². The fourth-order valence-electron chi connectivity index (χ4n) is 1.56. The van der Waals surface area contributed by atoms with E-state index in [-0.39, 0.29) is 12.6 Å². The lowest BCUT2D eigenvalue weighted by atomic mass is 10.1. The zero-order chi connectivity index (χ0) is 14.1. The lowest BCUT2D eigenvalue weighted by Crippen LogP contribution is -2.42. The number of nitrogens with one attached hydrogen (secondary N) is 1. The van der Waals surface area contributed by atoms with Crippen molar-refractivity contribution in [1.29, 1.82) is 0 Å². The largest absolute Gasteiger partial charge is 0.445 e. The smallest absolute Gasteiger partial charge is 0.407 e. The highest BCUT2D eigenvalue weighted by molar-refractivity contribution is 5.67. The third-order valence-electron chi connectivity index (χ3n) is 2.82. The molecule has 0 bridgehead atoms. The second kappa shape index (κ2) is 8.53. The number of hydrogen-bond donors (Lipinski definition) is 1. The van der Waals surface area contributed by atoms with Crippen LogP contribution in [0.1, 0.15) is 26.3 Å². The summed E-state index contributed by atoms with van der Waals surface area (Å²) >= 11 is 0. The number of carbonyl (C=O) groups is 1. The molecule has 0 heterocycles. The number of rotatable bonds is 7. The second-order valence-electron chi connectivity index (χ2n) is 4.72. The highest BCUT2D eigenvalue weighted by Gasteiger charge is 2.16. The Balaban J connectivity index is 2.36. The predicted molar refractivity (Wildman–Crippen MR) is 74.9 cm³/mol. The lowest BCUT2D eigenvalue weighted by molar-refractivity contribution is 0.0930. The average molecular weight is 265 g/mol. The molecule has 0 fully saturated rings. The predicted octanol–water partition coefficient (Wildman–Crippen LogP) is 2.97. The van der Waals surface area contributed by atoms with Gasteiger partial charge in [0, 0.05) is 6.61 Å². The number of carbonyl (C=O) groups excluding carboxylic acids is 1. The summed E-state index contributed by atoms with van der Waals surface area (Å²) in [4.78, 5) is 11.7. The van der Waals surface area contributed by atoms with Crippen LogP contribution in [0.5, 0.6) is 0 Å². The van der Waals surface area contributed by atoms with Crippen LogP contribution in [0.25, 0.3) is 0 Å². The fourth-order valence-corrected chi connectivity index (χ4v) is 1.56. The molecule has 1 rings (SSSR count). The molecule has 1 amide bonds. The standard InChI is InChI=1S/C15H23NO3/c1-4-18-11-14(12(2)3)16-15(17)19-10-13-8-6-5-7-9-13/h5-9,12,14H,4,10-11H2,1-3H3,(H,16,17).